The van der Waals surface area contributed by atoms with Gasteiger partial charge in [-0.2, -0.15) is 0 Å². The van der Waals surface area contributed by atoms with Crippen molar-refractivity contribution in [3.63, 3.8) is 0 Å². The monoisotopic (exact) mass is 256 g/mol. The van der Waals surface area contributed by atoms with Crippen molar-refractivity contribution >= 4 is 5.91 Å². The first kappa shape index (κ1) is 13.8. The van der Waals surface area contributed by atoms with Gasteiger partial charge in [0.2, 0.25) is 5.91 Å². The van der Waals surface area contributed by atoms with Crippen LogP contribution in [-0.2, 0) is 14.3 Å². The molecule has 1 amide bonds. The Morgan fingerprint density at radius 3 is 2.61 bits per heavy atom. The van der Waals surface area contributed by atoms with Crippen LogP contribution in [0.15, 0.2) is 0 Å². The summed E-state index contributed by atoms with van der Waals surface area (Å²) in [7, 11) is 1.71. The molecule has 2 rings (SSSR count). The average molecular weight is 256 g/mol. The Labute approximate surface area is 109 Å². The third kappa shape index (κ3) is 3.02. The van der Waals surface area contributed by atoms with E-state index in [0.717, 1.165) is 32.5 Å². The van der Waals surface area contributed by atoms with Crippen molar-refractivity contribution in [3.8, 4) is 0 Å². The van der Waals surface area contributed by atoms with Crippen molar-refractivity contribution in [2.24, 2.45) is 0 Å². The van der Waals surface area contributed by atoms with Crippen LogP contribution >= 0.6 is 0 Å². The van der Waals surface area contributed by atoms with Crippen molar-refractivity contribution < 1.29 is 14.3 Å². The fourth-order valence-electron chi connectivity index (χ4n) is 2.49. The topological polar surface area (TPSA) is 50.8 Å². The van der Waals surface area contributed by atoms with Gasteiger partial charge in [-0.3, -0.25) is 4.79 Å². The number of piperidine rings is 1. The van der Waals surface area contributed by atoms with Crippen LogP contribution in [0.25, 0.3) is 0 Å². The Morgan fingerprint density at radius 2 is 2.06 bits per heavy atom. The third-order valence-electron chi connectivity index (χ3n) is 4.05. The van der Waals surface area contributed by atoms with Gasteiger partial charge in [0, 0.05) is 33.3 Å². The summed E-state index contributed by atoms with van der Waals surface area (Å²) in [6, 6.07) is 0. The summed E-state index contributed by atoms with van der Waals surface area (Å²) in [4.78, 5) is 14.0. The lowest BCUT2D eigenvalue weighted by atomic mass is 9.95. The third-order valence-corrected chi connectivity index (χ3v) is 4.05. The molecule has 0 aliphatic carbocycles. The number of nitrogens with one attached hydrogen (secondary N) is 1. The van der Waals surface area contributed by atoms with E-state index < -0.39 is 0 Å². The Bertz CT molecular complexity index is 317. The molecule has 0 spiro atoms. The van der Waals surface area contributed by atoms with Gasteiger partial charge in [0.05, 0.1) is 11.2 Å². The van der Waals surface area contributed by atoms with E-state index in [2.05, 4.69) is 12.2 Å². The lowest BCUT2D eigenvalue weighted by Gasteiger charge is -2.41. The molecule has 5 nitrogen and oxygen atoms in total. The highest BCUT2D eigenvalue weighted by Crippen LogP contribution is 2.24. The zero-order valence-electron chi connectivity index (χ0n) is 11.6. The van der Waals surface area contributed by atoms with Crippen LogP contribution in [0.1, 0.15) is 26.7 Å². The van der Waals surface area contributed by atoms with Crippen LogP contribution in [0.5, 0.6) is 0 Å². The summed E-state index contributed by atoms with van der Waals surface area (Å²) >= 11 is 0. The molecule has 1 atom stereocenters. The van der Waals surface area contributed by atoms with Gasteiger partial charge in [-0.25, -0.2) is 0 Å². The molecule has 2 aliphatic rings. The maximum absolute atomic E-state index is 12.1. The predicted octanol–water partition coefficient (Wildman–Crippen LogP) is 0.392. The molecule has 5 heteroatoms. The first-order valence-electron chi connectivity index (χ1n) is 6.64. The molecule has 18 heavy (non-hydrogen) atoms. The van der Waals surface area contributed by atoms with Crippen LogP contribution in [-0.4, -0.2) is 61.9 Å². The molecule has 1 N–H and O–H groups in total. The largest absolute Gasteiger partial charge is 0.377 e. The Balaban J connectivity index is 1.81. The van der Waals surface area contributed by atoms with Gasteiger partial charge in [-0.15, -0.1) is 0 Å². The minimum atomic E-state index is -0.199. The van der Waals surface area contributed by atoms with Gasteiger partial charge in [0.25, 0.3) is 0 Å². The summed E-state index contributed by atoms with van der Waals surface area (Å²) in [5.74, 6) is 0.0751. The van der Waals surface area contributed by atoms with Gasteiger partial charge < -0.3 is 19.7 Å². The minimum Gasteiger partial charge on any atom is -0.377 e. The number of ether oxygens (including phenoxy) is 2. The van der Waals surface area contributed by atoms with Crippen molar-refractivity contribution in [1.82, 2.24) is 10.2 Å². The standard InChI is InChI=1S/C13H24N2O3/c1-12(17-3)5-4-6-15(10-12)11(16)7-18-13(2)8-14-9-13/h14H,4-10H2,1-3H3. The van der Waals surface area contributed by atoms with Crippen molar-refractivity contribution in [2.45, 2.75) is 37.9 Å². The van der Waals surface area contributed by atoms with E-state index >= 15 is 0 Å². The molecule has 2 fully saturated rings. The van der Waals surface area contributed by atoms with Crippen LogP contribution in [0.3, 0.4) is 0 Å². The smallest absolute Gasteiger partial charge is 0.248 e. The molecular weight excluding hydrogens is 232 g/mol. The summed E-state index contributed by atoms with van der Waals surface area (Å²) in [6.07, 6.45) is 2.00. The molecule has 0 bridgehead atoms. The zero-order valence-corrected chi connectivity index (χ0v) is 11.6. The fourth-order valence-corrected chi connectivity index (χ4v) is 2.49. The van der Waals surface area contributed by atoms with Crippen LogP contribution < -0.4 is 5.32 Å². The zero-order chi connectivity index (χ0) is 13.2. The second-order valence-electron chi connectivity index (χ2n) is 5.92. The molecule has 0 aromatic carbocycles. The summed E-state index contributed by atoms with van der Waals surface area (Å²) in [6.45, 7) is 7.41. The number of likely N-dealkylation sites (tertiary alicyclic amines) is 1. The van der Waals surface area contributed by atoms with E-state index in [1.807, 2.05) is 11.8 Å². The quantitative estimate of drug-likeness (QED) is 0.790. The SMILES string of the molecule is COC1(C)CCCN(C(=O)COC2(C)CNC2)C1. The van der Waals surface area contributed by atoms with E-state index in [9.17, 15) is 4.79 Å². The number of hydrogen-bond acceptors (Lipinski definition) is 4. The highest BCUT2D eigenvalue weighted by Gasteiger charge is 2.36. The summed E-state index contributed by atoms with van der Waals surface area (Å²) in [5, 5.41) is 3.16. The summed E-state index contributed by atoms with van der Waals surface area (Å²) in [5.41, 5.74) is -0.355. The second-order valence-corrected chi connectivity index (χ2v) is 5.92. The number of rotatable bonds is 4. The molecule has 2 aliphatic heterocycles. The molecule has 0 saturated carbocycles. The number of nitrogens with zero attached hydrogens (tertiary/aromatic N) is 1. The molecule has 0 aromatic heterocycles. The lowest BCUT2D eigenvalue weighted by Crippen LogP contribution is -2.60. The van der Waals surface area contributed by atoms with Crippen LogP contribution in [0.4, 0.5) is 0 Å². The minimum absolute atomic E-state index is 0.0751. The Hall–Kier alpha value is -0.650. The van der Waals surface area contributed by atoms with E-state index in [0.29, 0.717) is 6.54 Å². The number of amides is 1. The maximum Gasteiger partial charge on any atom is 0.248 e. The summed E-state index contributed by atoms with van der Waals surface area (Å²) < 4.78 is 11.2. The highest BCUT2D eigenvalue weighted by molar-refractivity contribution is 5.77. The van der Waals surface area contributed by atoms with Gasteiger partial charge in [-0.1, -0.05) is 0 Å². The van der Waals surface area contributed by atoms with Crippen molar-refractivity contribution in [3.05, 3.63) is 0 Å². The van der Waals surface area contributed by atoms with Crippen molar-refractivity contribution in [2.75, 3.05) is 39.9 Å². The van der Waals surface area contributed by atoms with Gasteiger partial charge in [-0.05, 0) is 26.7 Å². The maximum atomic E-state index is 12.1. The fraction of sp³-hybridized carbons (Fsp3) is 0.923. The average Bonchev–Trinajstić information content (AvgIpc) is 2.33. The number of carbonyl (C=O) groups is 1. The van der Waals surface area contributed by atoms with E-state index in [1.54, 1.807) is 7.11 Å². The van der Waals surface area contributed by atoms with E-state index in [1.165, 1.54) is 0 Å². The van der Waals surface area contributed by atoms with Gasteiger partial charge in [0.15, 0.2) is 0 Å². The second kappa shape index (κ2) is 5.15. The first-order chi connectivity index (χ1) is 8.46. The van der Waals surface area contributed by atoms with Crippen molar-refractivity contribution in [1.29, 1.82) is 0 Å². The molecule has 2 saturated heterocycles. The molecular formula is C13H24N2O3. The van der Waals surface area contributed by atoms with Crippen LogP contribution in [0.2, 0.25) is 0 Å². The number of carbonyl (C=O) groups excluding carboxylic acids is 1. The normalized spacial score (nSPS) is 30.9. The number of hydrogen-bond donors (Lipinski definition) is 1. The molecule has 1 unspecified atom stereocenters. The molecule has 104 valence electrons. The Morgan fingerprint density at radius 1 is 1.33 bits per heavy atom. The van der Waals surface area contributed by atoms with Gasteiger partial charge >= 0.3 is 0 Å². The highest BCUT2D eigenvalue weighted by atomic mass is 16.5. The van der Waals surface area contributed by atoms with Crippen LogP contribution in [0, 0.1) is 0 Å². The molecule has 0 aromatic rings. The first-order valence-corrected chi connectivity index (χ1v) is 6.64. The predicted molar refractivity (Wildman–Crippen MR) is 68.5 cm³/mol. The van der Waals surface area contributed by atoms with E-state index in [4.69, 9.17) is 9.47 Å². The van der Waals surface area contributed by atoms with E-state index in [-0.39, 0.29) is 23.7 Å². The molecule has 2 heterocycles. The Kier molecular flexibility index (Phi) is 3.94. The number of methoxy groups -OCH3 is 1. The molecule has 0 radical (unpaired) electrons. The van der Waals surface area contributed by atoms with Gasteiger partial charge in [0.1, 0.15) is 6.61 Å². The lowest BCUT2D eigenvalue weighted by molar-refractivity contribution is -0.152.